The van der Waals surface area contributed by atoms with Crippen molar-refractivity contribution in [1.29, 1.82) is 0 Å². The minimum Gasteiger partial charge on any atom is -0.403 e. The molecule has 0 aliphatic carbocycles. The van der Waals surface area contributed by atoms with E-state index in [0.717, 1.165) is 25.2 Å². The van der Waals surface area contributed by atoms with E-state index in [1.807, 2.05) is 11.9 Å². The second-order valence-corrected chi connectivity index (χ2v) is 5.75. The fourth-order valence-electron chi connectivity index (χ4n) is 2.28. The topological polar surface area (TPSA) is 92.5 Å². The third-order valence-corrected chi connectivity index (χ3v) is 3.70. The SMILES string of the molecule is CN1CCN(C(N)=NC(N)=NCc2ccc(OC(F)(F)F)c(F)c2)CC1.Cl. The Kier molecular flexibility index (Phi) is 8.10. The quantitative estimate of drug-likeness (QED) is 0.446. The van der Waals surface area contributed by atoms with Crippen molar-refractivity contribution in [2.75, 3.05) is 33.2 Å². The smallest absolute Gasteiger partial charge is 0.403 e. The summed E-state index contributed by atoms with van der Waals surface area (Å²) in [4.78, 5) is 12.0. The number of benzene rings is 1. The van der Waals surface area contributed by atoms with Crippen LogP contribution in [0.15, 0.2) is 28.2 Å². The molecule has 1 saturated heterocycles. The van der Waals surface area contributed by atoms with Gasteiger partial charge in [-0.05, 0) is 24.7 Å². The number of rotatable bonds is 3. The van der Waals surface area contributed by atoms with Gasteiger partial charge in [-0.15, -0.1) is 25.6 Å². The first-order valence-electron chi connectivity index (χ1n) is 7.76. The normalized spacial score (nSPS) is 16.9. The highest BCUT2D eigenvalue weighted by Crippen LogP contribution is 2.26. The summed E-state index contributed by atoms with van der Waals surface area (Å²) >= 11 is 0. The molecule has 12 heteroatoms. The molecular formula is C15H21ClF4N6O. The summed E-state index contributed by atoms with van der Waals surface area (Å²) in [6.45, 7) is 3.06. The molecule has 0 amide bonds. The fourth-order valence-corrected chi connectivity index (χ4v) is 2.28. The van der Waals surface area contributed by atoms with Crippen molar-refractivity contribution >= 4 is 24.3 Å². The molecule has 4 N–H and O–H groups in total. The lowest BCUT2D eigenvalue weighted by Gasteiger charge is -2.32. The fraction of sp³-hybridized carbons (Fsp3) is 0.467. The molecule has 0 spiro atoms. The molecule has 0 aromatic heterocycles. The number of aliphatic imine (C=N–C) groups is 2. The Morgan fingerprint density at radius 3 is 2.37 bits per heavy atom. The molecule has 1 aromatic rings. The number of piperazine rings is 1. The van der Waals surface area contributed by atoms with Crippen molar-refractivity contribution in [2.24, 2.45) is 21.5 Å². The van der Waals surface area contributed by atoms with Gasteiger partial charge in [-0.2, -0.15) is 4.99 Å². The maximum atomic E-state index is 13.6. The summed E-state index contributed by atoms with van der Waals surface area (Å²) < 4.78 is 53.5. The molecule has 1 aliphatic heterocycles. The van der Waals surface area contributed by atoms with Gasteiger partial charge in [-0.25, -0.2) is 9.38 Å². The molecule has 0 saturated carbocycles. The van der Waals surface area contributed by atoms with Crippen LogP contribution in [0.2, 0.25) is 0 Å². The minimum atomic E-state index is -4.96. The molecule has 2 rings (SSSR count). The summed E-state index contributed by atoms with van der Waals surface area (Å²) in [7, 11) is 2.00. The number of hydrogen-bond donors (Lipinski definition) is 2. The van der Waals surface area contributed by atoms with Crippen molar-refractivity contribution in [2.45, 2.75) is 12.9 Å². The zero-order chi connectivity index (χ0) is 19.3. The molecule has 0 atom stereocenters. The van der Waals surface area contributed by atoms with Gasteiger partial charge in [0.2, 0.25) is 5.96 Å². The van der Waals surface area contributed by atoms with Crippen molar-refractivity contribution in [3.8, 4) is 5.75 Å². The second-order valence-electron chi connectivity index (χ2n) is 5.75. The van der Waals surface area contributed by atoms with E-state index < -0.39 is 17.9 Å². The summed E-state index contributed by atoms with van der Waals surface area (Å²) in [5, 5.41) is 0. The summed E-state index contributed by atoms with van der Waals surface area (Å²) in [6.07, 6.45) is -4.96. The first-order valence-corrected chi connectivity index (χ1v) is 7.76. The standard InChI is InChI=1S/C15H20F4N6O.ClH/c1-24-4-6-25(7-5-24)14(21)23-13(20)22-9-10-2-3-12(11(16)8-10)26-15(17,18)19;/h2-3,8H,4-7,9H2,1H3,(H4,20,21,22,23);1H. The average Bonchev–Trinajstić information content (AvgIpc) is 2.54. The average molecular weight is 413 g/mol. The molecule has 0 radical (unpaired) electrons. The van der Waals surface area contributed by atoms with E-state index in [2.05, 4.69) is 19.6 Å². The molecule has 7 nitrogen and oxygen atoms in total. The van der Waals surface area contributed by atoms with Gasteiger partial charge in [-0.3, -0.25) is 0 Å². The second kappa shape index (κ2) is 9.60. The van der Waals surface area contributed by atoms with Gasteiger partial charge in [0.25, 0.3) is 0 Å². The molecule has 1 fully saturated rings. The lowest BCUT2D eigenvalue weighted by molar-refractivity contribution is -0.275. The number of hydrogen-bond acceptors (Lipinski definition) is 3. The van der Waals surface area contributed by atoms with E-state index in [1.54, 1.807) is 0 Å². The van der Waals surface area contributed by atoms with Gasteiger partial charge < -0.3 is 26.0 Å². The van der Waals surface area contributed by atoms with Crippen LogP contribution in [0.1, 0.15) is 5.56 Å². The van der Waals surface area contributed by atoms with Crippen LogP contribution < -0.4 is 16.2 Å². The highest BCUT2D eigenvalue weighted by atomic mass is 35.5. The van der Waals surface area contributed by atoms with Crippen LogP contribution in [0, 0.1) is 5.82 Å². The first kappa shape index (κ1) is 22.8. The molecule has 0 unspecified atom stereocenters. The first-order chi connectivity index (χ1) is 12.1. The van der Waals surface area contributed by atoms with Crippen LogP contribution >= 0.6 is 12.4 Å². The van der Waals surface area contributed by atoms with Gasteiger partial charge >= 0.3 is 6.36 Å². The molecule has 27 heavy (non-hydrogen) atoms. The highest BCUT2D eigenvalue weighted by Gasteiger charge is 2.32. The number of guanidine groups is 2. The number of nitrogens with zero attached hydrogens (tertiary/aromatic N) is 4. The predicted molar refractivity (Wildman–Crippen MR) is 96.3 cm³/mol. The van der Waals surface area contributed by atoms with Crippen molar-refractivity contribution in [3.05, 3.63) is 29.6 Å². The molecule has 0 bridgehead atoms. The maximum absolute atomic E-state index is 13.6. The summed E-state index contributed by atoms with van der Waals surface area (Å²) in [5.74, 6) is -1.92. The minimum absolute atomic E-state index is 0. The van der Waals surface area contributed by atoms with Crippen molar-refractivity contribution in [1.82, 2.24) is 9.80 Å². The van der Waals surface area contributed by atoms with E-state index in [9.17, 15) is 17.6 Å². The van der Waals surface area contributed by atoms with Gasteiger partial charge in [0.1, 0.15) is 0 Å². The van der Waals surface area contributed by atoms with E-state index in [-0.39, 0.29) is 30.9 Å². The summed E-state index contributed by atoms with van der Waals surface area (Å²) in [6, 6.07) is 3.03. The van der Waals surface area contributed by atoms with E-state index in [4.69, 9.17) is 11.5 Å². The van der Waals surface area contributed by atoms with Crippen LogP contribution in [-0.2, 0) is 6.54 Å². The molecular weight excluding hydrogens is 392 g/mol. The van der Waals surface area contributed by atoms with Crippen LogP contribution in [0.4, 0.5) is 17.6 Å². The molecule has 1 heterocycles. The van der Waals surface area contributed by atoms with Gasteiger partial charge in [-0.1, -0.05) is 6.07 Å². The van der Waals surface area contributed by atoms with Gasteiger partial charge in [0, 0.05) is 26.2 Å². The van der Waals surface area contributed by atoms with Crippen molar-refractivity contribution < 1.29 is 22.3 Å². The van der Waals surface area contributed by atoms with E-state index >= 15 is 0 Å². The maximum Gasteiger partial charge on any atom is 0.573 e. The van der Waals surface area contributed by atoms with E-state index in [0.29, 0.717) is 18.7 Å². The van der Waals surface area contributed by atoms with Crippen LogP contribution in [0.25, 0.3) is 0 Å². The highest BCUT2D eigenvalue weighted by molar-refractivity contribution is 5.93. The van der Waals surface area contributed by atoms with Gasteiger partial charge in [0.15, 0.2) is 17.5 Å². The summed E-state index contributed by atoms with van der Waals surface area (Å²) in [5.41, 5.74) is 11.9. The monoisotopic (exact) mass is 412 g/mol. The Morgan fingerprint density at radius 2 is 1.81 bits per heavy atom. The Balaban J connectivity index is 0.00000364. The number of likely N-dealkylation sites (N-methyl/N-ethyl adjacent to an activating group) is 1. The zero-order valence-corrected chi connectivity index (χ0v) is 15.4. The molecule has 1 aliphatic rings. The van der Waals surface area contributed by atoms with E-state index in [1.165, 1.54) is 6.07 Å². The number of alkyl halides is 3. The Bertz CT molecular complexity index is 689. The van der Waals surface area contributed by atoms with Crippen LogP contribution in [-0.4, -0.2) is 61.3 Å². The Hall–Kier alpha value is -2.27. The third-order valence-electron chi connectivity index (χ3n) is 3.70. The van der Waals surface area contributed by atoms with Gasteiger partial charge in [0.05, 0.1) is 6.54 Å². The molecule has 1 aromatic carbocycles. The number of nitrogens with two attached hydrogens (primary N) is 2. The zero-order valence-electron chi connectivity index (χ0n) is 14.5. The lowest BCUT2D eigenvalue weighted by Crippen LogP contribution is -2.50. The van der Waals surface area contributed by atoms with Crippen molar-refractivity contribution in [3.63, 3.8) is 0 Å². The Labute approximate surface area is 160 Å². The Morgan fingerprint density at radius 1 is 1.19 bits per heavy atom. The predicted octanol–water partition coefficient (Wildman–Crippen LogP) is 1.52. The number of ether oxygens (including phenoxy) is 1. The lowest BCUT2D eigenvalue weighted by atomic mass is 10.2. The largest absolute Gasteiger partial charge is 0.573 e. The molecule has 152 valence electrons. The number of halogens is 5. The van der Waals surface area contributed by atoms with Crippen LogP contribution in [0.5, 0.6) is 5.75 Å². The third kappa shape index (κ3) is 7.47. The van der Waals surface area contributed by atoms with Crippen LogP contribution in [0.3, 0.4) is 0 Å².